The van der Waals surface area contributed by atoms with E-state index in [0.29, 0.717) is 12.0 Å². The Labute approximate surface area is 97.2 Å². The Kier molecular flexibility index (Phi) is 4.64. The van der Waals surface area contributed by atoms with Gasteiger partial charge in [-0.1, -0.05) is 18.2 Å². The minimum Gasteiger partial charge on any atom is -0.370 e. The van der Waals surface area contributed by atoms with Crippen LogP contribution in [0.2, 0.25) is 0 Å². The van der Waals surface area contributed by atoms with Gasteiger partial charge in [0.05, 0.1) is 0 Å². The number of rotatable bonds is 4. The van der Waals surface area contributed by atoms with Gasteiger partial charge in [0.1, 0.15) is 0 Å². The van der Waals surface area contributed by atoms with E-state index in [2.05, 4.69) is 41.3 Å². The number of benzene rings is 1. The molecule has 0 aliphatic carbocycles. The van der Waals surface area contributed by atoms with E-state index in [1.165, 1.54) is 5.69 Å². The second-order valence-electron chi connectivity index (χ2n) is 3.79. The van der Waals surface area contributed by atoms with Gasteiger partial charge in [-0.2, -0.15) is 0 Å². The van der Waals surface area contributed by atoms with Crippen LogP contribution in [-0.4, -0.2) is 32.6 Å². The highest BCUT2D eigenvalue weighted by Crippen LogP contribution is 2.13. The summed E-state index contributed by atoms with van der Waals surface area (Å²) in [6, 6.07) is 10.6. The zero-order valence-corrected chi connectivity index (χ0v) is 10.1. The van der Waals surface area contributed by atoms with Gasteiger partial charge in [0.25, 0.3) is 0 Å². The molecular formula is C12H20N4. The molecule has 0 bridgehead atoms. The van der Waals surface area contributed by atoms with Gasteiger partial charge in [0.15, 0.2) is 5.96 Å². The van der Waals surface area contributed by atoms with Crippen LogP contribution in [0.25, 0.3) is 0 Å². The minimum atomic E-state index is 0.350. The lowest BCUT2D eigenvalue weighted by atomic mass is 10.2. The lowest BCUT2D eigenvalue weighted by Gasteiger charge is -2.27. The number of hydrogen-bond donors (Lipinski definition) is 2. The molecule has 3 N–H and O–H groups in total. The van der Waals surface area contributed by atoms with Crippen molar-refractivity contribution in [2.24, 2.45) is 10.7 Å². The summed E-state index contributed by atoms with van der Waals surface area (Å²) in [4.78, 5) is 6.06. The topological polar surface area (TPSA) is 53.6 Å². The number of para-hydroxylation sites is 1. The van der Waals surface area contributed by atoms with Crippen molar-refractivity contribution in [3.05, 3.63) is 30.3 Å². The Morgan fingerprint density at radius 3 is 2.62 bits per heavy atom. The van der Waals surface area contributed by atoms with E-state index in [0.717, 1.165) is 6.54 Å². The summed E-state index contributed by atoms with van der Waals surface area (Å²) in [5, 5.41) is 3.07. The fourth-order valence-corrected chi connectivity index (χ4v) is 1.39. The van der Waals surface area contributed by atoms with Gasteiger partial charge in [-0.15, -0.1) is 0 Å². The Balaban J connectivity index is 2.51. The van der Waals surface area contributed by atoms with Crippen molar-refractivity contribution in [1.82, 2.24) is 5.32 Å². The van der Waals surface area contributed by atoms with Crippen molar-refractivity contribution in [1.29, 1.82) is 0 Å². The maximum atomic E-state index is 5.58. The molecule has 16 heavy (non-hydrogen) atoms. The first-order valence-corrected chi connectivity index (χ1v) is 5.39. The summed E-state index contributed by atoms with van der Waals surface area (Å²) < 4.78 is 0. The monoisotopic (exact) mass is 220 g/mol. The molecule has 0 fully saturated rings. The van der Waals surface area contributed by atoms with Crippen molar-refractivity contribution >= 4 is 11.6 Å². The van der Waals surface area contributed by atoms with Gasteiger partial charge < -0.3 is 16.0 Å². The van der Waals surface area contributed by atoms with Crippen LogP contribution in [0.1, 0.15) is 6.92 Å². The zero-order chi connectivity index (χ0) is 12.0. The van der Waals surface area contributed by atoms with Crippen molar-refractivity contribution in [3.8, 4) is 0 Å². The zero-order valence-electron chi connectivity index (χ0n) is 10.1. The molecule has 88 valence electrons. The maximum Gasteiger partial charge on any atom is 0.188 e. The summed E-state index contributed by atoms with van der Waals surface area (Å²) in [6.07, 6.45) is 0. The third-order valence-electron chi connectivity index (χ3n) is 2.64. The second-order valence-corrected chi connectivity index (χ2v) is 3.79. The Hall–Kier alpha value is -1.71. The van der Waals surface area contributed by atoms with Gasteiger partial charge in [0.2, 0.25) is 0 Å². The quantitative estimate of drug-likeness (QED) is 0.589. The molecule has 0 amide bonds. The molecule has 0 spiro atoms. The first kappa shape index (κ1) is 12.4. The van der Waals surface area contributed by atoms with Crippen molar-refractivity contribution < 1.29 is 0 Å². The molecule has 0 radical (unpaired) electrons. The highest BCUT2D eigenvalue weighted by molar-refractivity contribution is 5.77. The third kappa shape index (κ3) is 3.46. The summed E-state index contributed by atoms with van der Waals surface area (Å²) >= 11 is 0. The van der Waals surface area contributed by atoms with E-state index in [-0.39, 0.29) is 0 Å². The minimum absolute atomic E-state index is 0.350. The lowest BCUT2D eigenvalue weighted by Crippen LogP contribution is -2.42. The average Bonchev–Trinajstić information content (AvgIpc) is 2.35. The number of likely N-dealkylation sites (N-methyl/N-ethyl adjacent to an activating group) is 1. The highest BCUT2D eigenvalue weighted by atomic mass is 15.2. The van der Waals surface area contributed by atoms with E-state index in [1.807, 2.05) is 18.2 Å². The Morgan fingerprint density at radius 1 is 1.44 bits per heavy atom. The largest absolute Gasteiger partial charge is 0.370 e. The van der Waals surface area contributed by atoms with Crippen LogP contribution in [0.4, 0.5) is 5.69 Å². The van der Waals surface area contributed by atoms with Crippen LogP contribution in [-0.2, 0) is 0 Å². The first-order chi connectivity index (χ1) is 7.65. The maximum absolute atomic E-state index is 5.58. The molecule has 1 aromatic rings. The standard InChI is InChI=1S/C12H20N4/c1-10(9-15-12(13)14-2)16(3)11-7-5-4-6-8-11/h4-8,10H,9H2,1-3H3,(H3,13,14,15). The van der Waals surface area contributed by atoms with Crippen LogP contribution in [0.3, 0.4) is 0 Å². The van der Waals surface area contributed by atoms with Crippen LogP contribution >= 0.6 is 0 Å². The molecule has 0 aliphatic rings. The Morgan fingerprint density at radius 2 is 2.06 bits per heavy atom. The third-order valence-corrected chi connectivity index (χ3v) is 2.64. The van der Waals surface area contributed by atoms with Crippen LogP contribution in [0.15, 0.2) is 35.3 Å². The fraction of sp³-hybridized carbons (Fsp3) is 0.417. The summed E-state index contributed by atoms with van der Waals surface area (Å²) in [5.41, 5.74) is 6.78. The average molecular weight is 220 g/mol. The molecule has 0 heterocycles. The number of aliphatic imine (C=N–C) groups is 1. The number of anilines is 1. The highest BCUT2D eigenvalue weighted by Gasteiger charge is 2.09. The first-order valence-electron chi connectivity index (χ1n) is 5.39. The van der Waals surface area contributed by atoms with E-state index in [1.54, 1.807) is 7.05 Å². The summed E-state index contributed by atoms with van der Waals surface area (Å²) in [6.45, 7) is 2.91. The number of hydrogen-bond acceptors (Lipinski definition) is 2. The summed E-state index contributed by atoms with van der Waals surface area (Å²) in [5.74, 6) is 0.480. The fourth-order valence-electron chi connectivity index (χ4n) is 1.39. The van der Waals surface area contributed by atoms with Crippen molar-refractivity contribution in [3.63, 3.8) is 0 Å². The molecule has 0 saturated heterocycles. The number of guanidine groups is 1. The Bertz CT molecular complexity index is 334. The molecule has 1 unspecified atom stereocenters. The van der Waals surface area contributed by atoms with E-state index < -0.39 is 0 Å². The predicted octanol–water partition coefficient (Wildman–Crippen LogP) is 1.05. The second kappa shape index (κ2) is 6.00. The van der Waals surface area contributed by atoms with Crippen molar-refractivity contribution in [2.45, 2.75) is 13.0 Å². The van der Waals surface area contributed by atoms with Gasteiger partial charge >= 0.3 is 0 Å². The smallest absolute Gasteiger partial charge is 0.188 e. The van der Waals surface area contributed by atoms with Gasteiger partial charge in [-0.05, 0) is 19.1 Å². The van der Waals surface area contributed by atoms with Crippen LogP contribution < -0.4 is 16.0 Å². The normalized spacial score (nSPS) is 13.3. The number of nitrogens with two attached hydrogens (primary N) is 1. The van der Waals surface area contributed by atoms with Gasteiger partial charge in [-0.3, -0.25) is 4.99 Å². The van der Waals surface area contributed by atoms with Crippen molar-refractivity contribution in [2.75, 3.05) is 25.5 Å². The molecule has 1 rings (SSSR count). The van der Waals surface area contributed by atoms with Gasteiger partial charge in [0, 0.05) is 32.4 Å². The van der Waals surface area contributed by atoms with E-state index in [4.69, 9.17) is 5.73 Å². The molecule has 0 saturated carbocycles. The molecule has 1 aromatic carbocycles. The summed E-state index contributed by atoms with van der Waals surface area (Å²) in [7, 11) is 3.74. The molecule has 4 nitrogen and oxygen atoms in total. The molecule has 0 aromatic heterocycles. The van der Waals surface area contributed by atoms with E-state index in [9.17, 15) is 0 Å². The number of nitrogens with one attached hydrogen (secondary N) is 1. The molecule has 4 heteroatoms. The lowest BCUT2D eigenvalue weighted by molar-refractivity contribution is 0.657. The molecule has 0 aliphatic heterocycles. The molecule has 1 atom stereocenters. The SMILES string of the molecule is CN=C(N)NCC(C)N(C)c1ccccc1. The van der Waals surface area contributed by atoms with Crippen LogP contribution in [0.5, 0.6) is 0 Å². The van der Waals surface area contributed by atoms with E-state index >= 15 is 0 Å². The molecular weight excluding hydrogens is 200 g/mol. The number of nitrogens with zero attached hydrogens (tertiary/aromatic N) is 2. The predicted molar refractivity (Wildman–Crippen MR) is 69.9 cm³/mol. The van der Waals surface area contributed by atoms with Gasteiger partial charge in [-0.25, -0.2) is 0 Å². The van der Waals surface area contributed by atoms with Crippen LogP contribution in [0, 0.1) is 0 Å².